The molecule has 136 valence electrons. The second kappa shape index (κ2) is 25.6. The maximum absolute atomic E-state index is 8.45. The topological polar surface area (TPSA) is 127 Å². The van der Waals surface area contributed by atoms with E-state index in [1.165, 1.54) is 0 Å². The summed E-state index contributed by atoms with van der Waals surface area (Å²) in [4.78, 5) is 0. The number of aliphatic hydroxyl groups is 4. The van der Waals surface area contributed by atoms with Crippen LogP contribution in [0.1, 0.15) is 0 Å². The third-order valence-electron chi connectivity index (χ3n) is 1.96. The van der Waals surface area contributed by atoms with E-state index in [4.69, 9.17) is 44.1 Å². The molecule has 0 aliphatic heterocycles. The van der Waals surface area contributed by atoms with Gasteiger partial charge in [0, 0.05) is 0 Å². The van der Waals surface area contributed by atoms with Crippen LogP contribution in [0.3, 0.4) is 0 Å². The molecule has 0 fully saturated rings. The highest BCUT2D eigenvalue weighted by Gasteiger charge is 1.92. The number of hydrogen-bond acceptors (Lipinski definition) is 9. The van der Waals surface area contributed by atoms with Crippen molar-refractivity contribution < 1.29 is 44.1 Å². The van der Waals surface area contributed by atoms with Crippen molar-refractivity contribution in [2.75, 3.05) is 86.1 Å². The number of ether oxygens (including phenoxy) is 5. The minimum Gasteiger partial charge on any atom is -0.394 e. The van der Waals surface area contributed by atoms with Gasteiger partial charge in [0.15, 0.2) is 0 Å². The van der Waals surface area contributed by atoms with Gasteiger partial charge in [0.05, 0.1) is 79.3 Å². The van der Waals surface area contributed by atoms with E-state index in [9.17, 15) is 0 Å². The Morgan fingerprint density at radius 1 is 0.364 bits per heavy atom. The van der Waals surface area contributed by atoms with Crippen LogP contribution in [-0.4, -0.2) is 107 Å². The Morgan fingerprint density at radius 3 is 0.727 bits per heavy atom. The largest absolute Gasteiger partial charge is 0.394 e. The van der Waals surface area contributed by atoms with Gasteiger partial charge in [-0.3, -0.25) is 0 Å². The van der Waals surface area contributed by atoms with Crippen LogP contribution in [0.4, 0.5) is 0 Å². The van der Waals surface area contributed by atoms with Gasteiger partial charge in [-0.2, -0.15) is 0 Å². The molecular weight excluding hydrogens is 300 g/mol. The van der Waals surface area contributed by atoms with Crippen molar-refractivity contribution in [3.8, 4) is 0 Å². The van der Waals surface area contributed by atoms with Crippen LogP contribution < -0.4 is 0 Å². The monoisotopic (exact) mass is 330 g/mol. The van der Waals surface area contributed by atoms with E-state index in [2.05, 4.69) is 0 Å². The van der Waals surface area contributed by atoms with Gasteiger partial charge in [-0.15, -0.1) is 0 Å². The third kappa shape index (κ3) is 27.9. The molecule has 0 unspecified atom stereocenters. The maximum atomic E-state index is 8.45. The van der Waals surface area contributed by atoms with E-state index in [0.29, 0.717) is 66.1 Å². The first kappa shape index (κ1) is 23.9. The lowest BCUT2D eigenvalue weighted by atomic mass is 10.7. The lowest BCUT2D eigenvalue weighted by Gasteiger charge is -2.07. The number of hydrogen-bond donors (Lipinski definition) is 4. The molecule has 9 nitrogen and oxygen atoms in total. The maximum Gasteiger partial charge on any atom is 0.140 e. The molecule has 0 amide bonds. The minimum absolute atomic E-state index is 0.0359. The lowest BCUT2D eigenvalue weighted by Crippen LogP contribution is -2.14. The summed E-state index contributed by atoms with van der Waals surface area (Å²) in [5.74, 6) is 0. The molecule has 4 N–H and O–H groups in total. The molecule has 0 saturated heterocycles. The average Bonchev–Trinajstić information content (AvgIpc) is 2.52. The summed E-state index contributed by atoms with van der Waals surface area (Å²) in [6.45, 7) is 4.05. The number of rotatable bonds is 16. The van der Waals surface area contributed by atoms with Gasteiger partial charge in [-0.25, -0.2) is 0 Å². The Hall–Kier alpha value is -0.360. The fourth-order valence-electron chi connectivity index (χ4n) is 1.11. The Balaban J connectivity index is 0. The van der Waals surface area contributed by atoms with Crippen LogP contribution in [0, 0.1) is 0 Å². The van der Waals surface area contributed by atoms with Gasteiger partial charge in [0.1, 0.15) is 6.79 Å². The first-order valence-corrected chi connectivity index (χ1v) is 7.15. The van der Waals surface area contributed by atoms with Crippen molar-refractivity contribution >= 4 is 0 Å². The highest BCUT2D eigenvalue weighted by atomic mass is 16.6. The van der Waals surface area contributed by atoms with Crippen LogP contribution in [0.15, 0.2) is 0 Å². The predicted molar refractivity (Wildman–Crippen MR) is 77.6 cm³/mol. The molecule has 0 aromatic rings. The van der Waals surface area contributed by atoms with Gasteiger partial charge in [0.25, 0.3) is 0 Å². The molecule has 0 spiro atoms. The Labute approximate surface area is 131 Å². The third-order valence-corrected chi connectivity index (χ3v) is 1.96. The summed E-state index contributed by atoms with van der Waals surface area (Å²) in [6.07, 6.45) is 0. The molecule has 9 heteroatoms. The normalized spacial score (nSPS) is 10.4. The summed E-state index contributed by atoms with van der Waals surface area (Å²) >= 11 is 0. The zero-order chi connectivity index (χ0) is 16.7. The molecule has 0 aromatic carbocycles. The highest BCUT2D eigenvalue weighted by Crippen LogP contribution is 1.83. The molecule has 0 aliphatic carbocycles. The predicted octanol–water partition coefficient (Wildman–Crippen LogP) is -2.02. The summed E-state index contributed by atoms with van der Waals surface area (Å²) in [5.41, 5.74) is 0. The lowest BCUT2D eigenvalue weighted by molar-refractivity contribution is -0.0151. The highest BCUT2D eigenvalue weighted by molar-refractivity contribution is 4.35. The Morgan fingerprint density at radius 2 is 0.545 bits per heavy atom. The Bertz CT molecular complexity index is 156. The van der Waals surface area contributed by atoms with E-state index in [-0.39, 0.29) is 13.2 Å². The van der Waals surface area contributed by atoms with Crippen molar-refractivity contribution in [3.63, 3.8) is 0 Å². The van der Waals surface area contributed by atoms with Crippen molar-refractivity contribution in [2.45, 2.75) is 0 Å². The molecule has 0 heterocycles. The quantitative estimate of drug-likeness (QED) is 0.187. The number of aliphatic hydroxyl groups excluding tert-OH is 3. The van der Waals surface area contributed by atoms with Gasteiger partial charge in [0.2, 0.25) is 0 Å². The summed E-state index contributed by atoms with van der Waals surface area (Å²) in [7, 11) is 0. The molecule has 0 rings (SSSR count). The second-order valence-corrected chi connectivity index (χ2v) is 3.65. The van der Waals surface area contributed by atoms with Gasteiger partial charge < -0.3 is 44.1 Å². The fourth-order valence-corrected chi connectivity index (χ4v) is 1.11. The molecule has 0 saturated carbocycles. The Kier molecular flexibility index (Phi) is 27.8. The van der Waals surface area contributed by atoms with Gasteiger partial charge in [-0.05, 0) is 0 Å². The fraction of sp³-hybridized carbons (Fsp3) is 1.00. The second-order valence-electron chi connectivity index (χ2n) is 3.65. The van der Waals surface area contributed by atoms with Crippen LogP contribution in [0.2, 0.25) is 0 Å². The van der Waals surface area contributed by atoms with Crippen molar-refractivity contribution in [2.24, 2.45) is 0 Å². The molecule has 22 heavy (non-hydrogen) atoms. The molecule has 0 aromatic heterocycles. The van der Waals surface area contributed by atoms with Crippen LogP contribution in [0.25, 0.3) is 0 Å². The van der Waals surface area contributed by atoms with Gasteiger partial charge >= 0.3 is 0 Å². The van der Waals surface area contributed by atoms with E-state index in [1.54, 1.807) is 0 Å². The van der Waals surface area contributed by atoms with Crippen LogP contribution in [0.5, 0.6) is 0 Å². The van der Waals surface area contributed by atoms with E-state index in [1.807, 2.05) is 0 Å². The SMILES string of the molecule is OCCOCCOCCOCCOCCOCCO.OCO. The van der Waals surface area contributed by atoms with Crippen LogP contribution >= 0.6 is 0 Å². The molecule has 0 aliphatic rings. The summed E-state index contributed by atoms with van der Waals surface area (Å²) in [6, 6.07) is 0. The molecular formula is C13H30O9. The molecule has 0 atom stereocenters. The van der Waals surface area contributed by atoms with E-state index in [0.717, 1.165) is 0 Å². The zero-order valence-electron chi connectivity index (χ0n) is 13.0. The smallest absolute Gasteiger partial charge is 0.140 e. The average molecular weight is 330 g/mol. The van der Waals surface area contributed by atoms with Crippen molar-refractivity contribution in [1.82, 2.24) is 0 Å². The zero-order valence-corrected chi connectivity index (χ0v) is 13.0. The van der Waals surface area contributed by atoms with Gasteiger partial charge in [-0.1, -0.05) is 0 Å². The molecule has 0 radical (unpaired) electrons. The van der Waals surface area contributed by atoms with E-state index < -0.39 is 6.79 Å². The van der Waals surface area contributed by atoms with E-state index >= 15 is 0 Å². The van der Waals surface area contributed by atoms with Crippen molar-refractivity contribution in [1.29, 1.82) is 0 Å². The molecule has 0 bridgehead atoms. The minimum atomic E-state index is -0.750. The standard InChI is InChI=1S/C12H26O7.CH4O2/c13-1-3-15-5-7-17-9-11-19-12-10-18-8-6-16-4-2-14;2-1-3/h13-14H,1-12H2;2-3H,1H2. The summed E-state index contributed by atoms with van der Waals surface area (Å²) in [5, 5.41) is 31.2. The van der Waals surface area contributed by atoms with Crippen molar-refractivity contribution in [3.05, 3.63) is 0 Å². The van der Waals surface area contributed by atoms with Crippen LogP contribution in [-0.2, 0) is 23.7 Å². The first-order chi connectivity index (χ1) is 10.8. The first-order valence-electron chi connectivity index (χ1n) is 7.15. The summed E-state index contributed by atoms with van der Waals surface area (Å²) < 4.78 is 25.8.